The van der Waals surface area contributed by atoms with E-state index in [0.29, 0.717) is 52.8 Å². The van der Waals surface area contributed by atoms with Gasteiger partial charge in [0.1, 0.15) is 11.2 Å². The SMILES string of the molecule is CCOC(=O)c1c(N2CCN(C(=O)c3cccs3)CC2)c2cc(Cl)cnc2n(Cc2ccccc2)c1=O. The van der Waals surface area contributed by atoms with E-state index in [1.807, 2.05) is 52.7 Å². The fraction of sp³-hybridized carbons (Fsp3) is 0.259. The van der Waals surface area contributed by atoms with E-state index in [9.17, 15) is 14.4 Å². The maximum Gasteiger partial charge on any atom is 0.345 e. The van der Waals surface area contributed by atoms with Gasteiger partial charge in [-0.05, 0) is 30.0 Å². The van der Waals surface area contributed by atoms with Gasteiger partial charge in [-0.3, -0.25) is 14.2 Å². The molecule has 0 unspecified atom stereocenters. The van der Waals surface area contributed by atoms with Crippen molar-refractivity contribution < 1.29 is 14.3 Å². The van der Waals surface area contributed by atoms with E-state index < -0.39 is 11.5 Å². The van der Waals surface area contributed by atoms with E-state index in [1.165, 1.54) is 22.1 Å². The van der Waals surface area contributed by atoms with Crippen molar-refractivity contribution in [2.24, 2.45) is 0 Å². The summed E-state index contributed by atoms with van der Waals surface area (Å²) in [7, 11) is 0. The number of anilines is 1. The van der Waals surface area contributed by atoms with Crippen LogP contribution in [0.25, 0.3) is 11.0 Å². The smallest absolute Gasteiger partial charge is 0.345 e. The topological polar surface area (TPSA) is 84.7 Å². The van der Waals surface area contributed by atoms with Crippen LogP contribution in [0.5, 0.6) is 0 Å². The molecule has 37 heavy (non-hydrogen) atoms. The van der Waals surface area contributed by atoms with Gasteiger partial charge in [0.15, 0.2) is 0 Å². The first-order valence-electron chi connectivity index (χ1n) is 12.0. The van der Waals surface area contributed by atoms with Crippen molar-refractivity contribution in [1.82, 2.24) is 14.5 Å². The Morgan fingerprint density at radius 2 is 1.84 bits per heavy atom. The van der Waals surface area contributed by atoms with Gasteiger partial charge in [0.2, 0.25) is 0 Å². The molecule has 0 N–H and O–H groups in total. The fourth-order valence-electron chi connectivity index (χ4n) is 4.61. The van der Waals surface area contributed by atoms with Crippen molar-refractivity contribution in [3.63, 3.8) is 0 Å². The Labute approximate surface area is 222 Å². The summed E-state index contributed by atoms with van der Waals surface area (Å²) in [6, 6.07) is 14.9. The van der Waals surface area contributed by atoms with E-state index >= 15 is 0 Å². The van der Waals surface area contributed by atoms with Crippen LogP contribution in [0.1, 0.15) is 32.5 Å². The fourth-order valence-corrected chi connectivity index (χ4v) is 5.45. The van der Waals surface area contributed by atoms with Crippen LogP contribution in [0.2, 0.25) is 5.02 Å². The van der Waals surface area contributed by atoms with E-state index in [2.05, 4.69) is 4.98 Å². The first-order chi connectivity index (χ1) is 18.0. The van der Waals surface area contributed by atoms with Gasteiger partial charge in [-0.15, -0.1) is 11.3 Å². The number of hydrogen-bond donors (Lipinski definition) is 0. The van der Waals surface area contributed by atoms with E-state index in [-0.39, 0.29) is 24.6 Å². The Hall–Kier alpha value is -3.69. The molecule has 1 fully saturated rings. The number of thiophene rings is 1. The van der Waals surface area contributed by atoms with Crippen molar-refractivity contribution in [2.75, 3.05) is 37.7 Å². The number of carbonyl (C=O) groups is 2. The van der Waals surface area contributed by atoms with Crippen LogP contribution in [0.4, 0.5) is 5.69 Å². The highest BCUT2D eigenvalue weighted by molar-refractivity contribution is 7.12. The predicted molar refractivity (Wildman–Crippen MR) is 145 cm³/mol. The summed E-state index contributed by atoms with van der Waals surface area (Å²) in [5.41, 5.74) is 1.24. The second kappa shape index (κ2) is 10.7. The molecule has 1 aliphatic rings. The Morgan fingerprint density at radius 1 is 1.08 bits per heavy atom. The highest BCUT2D eigenvalue weighted by Gasteiger charge is 2.31. The lowest BCUT2D eigenvalue weighted by Gasteiger charge is -2.37. The molecular weight excluding hydrogens is 512 g/mol. The van der Waals surface area contributed by atoms with Gasteiger partial charge < -0.3 is 14.5 Å². The first kappa shape index (κ1) is 25.0. The number of benzene rings is 1. The maximum absolute atomic E-state index is 13.9. The number of hydrogen-bond acceptors (Lipinski definition) is 7. The van der Waals surface area contributed by atoms with Gasteiger partial charge >= 0.3 is 5.97 Å². The molecule has 4 aromatic rings. The summed E-state index contributed by atoms with van der Waals surface area (Å²) in [5.74, 6) is -0.712. The third kappa shape index (κ3) is 4.97. The average Bonchev–Trinajstić information content (AvgIpc) is 3.45. The maximum atomic E-state index is 13.9. The molecule has 0 bridgehead atoms. The molecule has 0 spiro atoms. The van der Waals surface area contributed by atoms with Crippen LogP contribution >= 0.6 is 22.9 Å². The zero-order valence-corrected chi connectivity index (χ0v) is 21.8. The van der Waals surface area contributed by atoms with E-state index in [4.69, 9.17) is 16.3 Å². The monoisotopic (exact) mass is 536 g/mol. The average molecular weight is 537 g/mol. The van der Waals surface area contributed by atoms with Gasteiger partial charge in [-0.1, -0.05) is 48.0 Å². The van der Waals surface area contributed by atoms with Crippen LogP contribution in [0.15, 0.2) is 64.9 Å². The number of halogens is 1. The molecule has 10 heteroatoms. The lowest BCUT2D eigenvalue weighted by atomic mass is 10.1. The minimum atomic E-state index is -0.691. The molecule has 1 aliphatic heterocycles. The van der Waals surface area contributed by atoms with Crippen molar-refractivity contribution in [3.8, 4) is 0 Å². The number of rotatable bonds is 6. The highest BCUT2D eigenvalue weighted by Crippen LogP contribution is 2.32. The van der Waals surface area contributed by atoms with E-state index in [0.717, 1.165) is 5.56 Å². The standard InChI is InChI=1S/C27H25ClN4O4S/c1-2-36-27(35)22-23(30-10-12-31(13-11-30)25(33)21-9-6-14-37-21)20-15-19(28)16-29-24(20)32(26(22)34)17-18-7-4-3-5-8-18/h3-9,14-16H,2,10-13,17H2,1H3. The Kier molecular flexibility index (Phi) is 7.25. The summed E-state index contributed by atoms with van der Waals surface area (Å²) in [6.07, 6.45) is 1.50. The molecule has 8 nitrogen and oxygen atoms in total. The van der Waals surface area contributed by atoms with Gasteiger partial charge in [-0.25, -0.2) is 9.78 Å². The van der Waals surface area contributed by atoms with Crippen molar-refractivity contribution in [1.29, 1.82) is 0 Å². The third-order valence-corrected chi connectivity index (χ3v) is 7.38. The second-order valence-electron chi connectivity index (χ2n) is 8.60. The Morgan fingerprint density at radius 3 is 2.51 bits per heavy atom. The molecule has 0 atom stereocenters. The molecule has 5 rings (SSSR count). The van der Waals surface area contributed by atoms with Crippen LogP contribution in [0, 0.1) is 0 Å². The summed E-state index contributed by atoms with van der Waals surface area (Å²) in [6.45, 7) is 3.84. The number of pyridine rings is 2. The lowest BCUT2D eigenvalue weighted by Crippen LogP contribution is -2.49. The molecule has 0 radical (unpaired) electrons. The molecule has 190 valence electrons. The number of carbonyl (C=O) groups excluding carboxylic acids is 2. The summed E-state index contributed by atoms with van der Waals surface area (Å²) >= 11 is 7.77. The Balaban J connectivity index is 1.60. The zero-order chi connectivity index (χ0) is 25.9. The predicted octanol–water partition coefficient (Wildman–Crippen LogP) is 4.30. The Bertz CT molecular complexity index is 1500. The highest BCUT2D eigenvalue weighted by atomic mass is 35.5. The lowest BCUT2D eigenvalue weighted by molar-refractivity contribution is 0.0523. The van der Waals surface area contributed by atoms with Gasteiger partial charge in [0.25, 0.3) is 11.5 Å². The number of nitrogens with zero attached hydrogens (tertiary/aromatic N) is 4. The minimum Gasteiger partial charge on any atom is -0.462 e. The number of esters is 1. The van der Waals surface area contributed by atoms with Gasteiger partial charge in [-0.2, -0.15) is 0 Å². The van der Waals surface area contributed by atoms with Crippen LogP contribution in [0.3, 0.4) is 0 Å². The number of aromatic nitrogens is 2. The summed E-state index contributed by atoms with van der Waals surface area (Å²) < 4.78 is 6.83. The summed E-state index contributed by atoms with van der Waals surface area (Å²) in [4.78, 5) is 48.9. The molecule has 4 heterocycles. The van der Waals surface area contributed by atoms with Crippen molar-refractivity contribution >= 4 is 51.5 Å². The van der Waals surface area contributed by atoms with Gasteiger partial charge in [0, 0.05) is 37.8 Å². The van der Waals surface area contributed by atoms with E-state index in [1.54, 1.807) is 17.9 Å². The zero-order valence-electron chi connectivity index (χ0n) is 20.2. The minimum absolute atomic E-state index is 0.0203. The van der Waals surface area contributed by atoms with Crippen molar-refractivity contribution in [3.05, 3.63) is 91.5 Å². The molecule has 1 amide bonds. The number of fused-ring (bicyclic) bond motifs is 1. The number of piperazine rings is 1. The molecular formula is C27H25ClN4O4S. The van der Waals surface area contributed by atoms with Crippen LogP contribution in [-0.4, -0.2) is 59.1 Å². The largest absolute Gasteiger partial charge is 0.462 e. The molecule has 0 saturated carbocycles. The normalized spacial score (nSPS) is 13.7. The van der Waals surface area contributed by atoms with Gasteiger partial charge in [0.05, 0.1) is 28.7 Å². The molecule has 1 saturated heterocycles. The quantitative estimate of drug-likeness (QED) is 0.342. The van der Waals surface area contributed by atoms with Crippen LogP contribution < -0.4 is 10.5 Å². The molecule has 3 aromatic heterocycles. The second-order valence-corrected chi connectivity index (χ2v) is 9.99. The first-order valence-corrected chi connectivity index (χ1v) is 13.2. The number of amides is 1. The van der Waals surface area contributed by atoms with Crippen molar-refractivity contribution in [2.45, 2.75) is 13.5 Å². The summed E-state index contributed by atoms with van der Waals surface area (Å²) in [5, 5.41) is 2.85. The van der Waals surface area contributed by atoms with Crippen LogP contribution in [-0.2, 0) is 11.3 Å². The number of ether oxygens (including phenoxy) is 1. The molecule has 1 aromatic carbocycles. The third-order valence-electron chi connectivity index (χ3n) is 6.32. The molecule has 0 aliphatic carbocycles.